The maximum Gasteiger partial charge on any atom is 0.0782 e. The molecule has 94 valence electrons. The van der Waals surface area contributed by atoms with Crippen molar-refractivity contribution in [3.05, 3.63) is 35.9 Å². The van der Waals surface area contributed by atoms with E-state index >= 15 is 0 Å². The lowest BCUT2D eigenvalue weighted by Crippen LogP contribution is -2.43. The number of carbonyl (C=O) groups is 1. The average molecular weight is 251 g/mol. The largest absolute Gasteiger partial charge is 0.737 e. The lowest BCUT2D eigenvalue weighted by molar-refractivity contribution is -0.894. The van der Waals surface area contributed by atoms with Crippen molar-refractivity contribution < 1.29 is 9.28 Å². The fraction of sp³-hybridized carbons (Fsp3) is 0.500. The van der Waals surface area contributed by atoms with Crippen LogP contribution >= 0.6 is 0 Å². The van der Waals surface area contributed by atoms with Gasteiger partial charge >= 0.3 is 0 Å². The van der Waals surface area contributed by atoms with E-state index in [0.717, 1.165) is 0 Å². The van der Waals surface area contributed by atoms with E-state index in [1.807, 2.05) is 6.07 Å². The molecule has 0 amide bonds. The Balaban J connectivity index is 0.000000171. The molecule has 3 heteroatoms. The van der Waals surface area contributed by atoms with E-state index in [1.54, 1.807) is 24.3 Å². The molecule has 1 aliphatic rings. The van der Waals surface area contributed by atoms with Crippen LogP contribution in [0.1, 0.15) is 29.6 Å². The molecule has 1 saturated heterocycles. The molecule has 0 aliphatic carbocycles. The molecular formula is C14H21NOS. The Kier molecular flexibility index (Phi) is 5.59. The molecule has 0 atom stereocenters. The van der Waals surface area contributed by atoms with Crippen LogP contribution in [0.2, 0.25) is 0 Å². The standard InChI is InChI=1S/C7H16N.C7H6OS/c1-8(2)6-4-3-5-7-8;8-7(9)6-4-2-1-3-5-6/h3-7H2,1-2H3;1-5H,(H,8,9)/q+1;/p-1. The SMILES string of the molecule is C[N+]1(C)CCCCC1.O=C([S-])c1ccccc1. The fourth-order valence-electron chi connectivity index (χ4n) is 1.94. The molecule has 0 unspecified atom stereocenters. The summed E-state index contributed by atoms with van der Waals surface area (Å²) in [6, 6.07) is 8.84. The molecular weight excluding hydrogens is 230 g/mol. The fourth-order valence-corrected chi connectivity index (χ4v) is 2.08. The van der Waals surface area contributed by atoms with Gasteiger partial charge in [-0.3, -0.25) is 0 Å². The summed E-state index contributed by atoms with van der Waals surface area (Å²) in [6.07, 6.45) is 4.34. The second-order valence-electron chi connectivity index (χ2n) is 5.10. The number of rotatable bonds is 1. The smallest absolute Gasteiger partial charge is 0.0782 e. The summed E-state index contributed by atoms with van der Waals surface area (Å²) in [7, 11) is 4.64. The van der Waals surface area contributed by atoms with Crippen LogP contribution in [0, 0.1) is 0 Å². The average Bonchev–Trinajstić information content (AvgIpc) is 2.30. The van der Waals surface area contributed by atoms with Crippen molar-refractivity contribution in [2.24, 2.45) is 0 Å². The predicted molar refractivity (Wildman–Crippen MR) is 73.8 cm³/mol. The van der Waals surface area contributed by atoms with E-state index in [2.05, 4.69) is 26.7 Å². The van der Waals surface area contributed by atoms with E-state index < -0.39 is 0 Å². The zero-order valence-electron chi connectivity index (χ0n) is 10.7. The molecule has 1 heterocycles. The summed E-state index contributed by atoms with van der Waals surface area (Å²) in [6.45, 7) is 2.78. The van der Waals surface area contributed by atoms with E-state index in [4.69, 9.17) is 0 Å². The maximum absolute atomic E-state index is 10.5. The Morgan fingerprint density at radius 3 is 1.88 bits per heavy atom. The third-order valence-corrected chi connectivity index (χ3v) is 3.27. The van der Waals surface area contributed by atoms with Crippen LogP contribution < -0.4 is 0 Å². The Morgan fingerprint density at radius 1 is 1.06 bits per heavy atom. The molecule has 17 heavy (non-hydrogen) atoms. The van der Waals surface area contributed by atoms with E-state index in [0.29, 0.717) is 5.56 Å². The first-order chi connectivity index (χ1) is 8.01. The monoisotopic (exact) mass is 251 g/mol. The van der Waals surface area contributed by atoms with Crippen LogP contribution in [0.4, 0.5) is 0 Å². The zero-order chi connectivity index (χ0) is 12.7. The van der Waals surface area contributed by atoms with E-state index in [-0.39, 0.29) is 5.12 Å². The molecule has 2 nitrogen and oxygen atoms in total. The van der Waals surface area contributed by atoms with Crippen molar-refractivity contribution in [2.45, 2.75) is 19.3 Å². The van der Waals surface area contributed by atoms with E-state index in [9.17, 15) is 4.79 Å². The number of benzene rings is 1. The molecule has 1 aromatic rings. The number of piperidine rings is 1. The quantitative estimate of drug-likeness (QED) is 0.564. The number of hydrogen-bond acceptors (Lipinski definition) is 2. The zero-order valence-corrected chi connectivity index (χ0v) is 11.5. The van der Waals surface area contributed by atoms with Crippen LogP contribution in [-0.2, 0) is 12.6 Å². The molecule has 0 spiro atoms. The van der Waals surface area contributed by atoms with Crippen molar-refractivity contribution in [1.29, 1.82) is 0 Å². The molecule has 1 aliphatic heterocycles. The summed E-state index contributed by atoms with van der Waals surface area (Å²) in [5.41, 5.74) is 0.590. The van der Waals surface area contributed by atoms with E-state index in [1.165, 1.54) is 36.8 Å². The van der Waals surface area contributed by atoms with Gasteiger partial charge in [-0.05, 0) is 24.8 Å². The van der Waals surface area contributed by atoms with Crippen molar-refractivity contribution in [2.75, 3.05) is 27.2 Å². The summed E-state index contributed by atoms with van der Waals surface area (Å²) in [5, 5.41) is -0.296. The van der Waals surface area contributed by atoms with Crippen LogP contribution in [0.25, 0.3) is 0 Å². The minimum absolute atomic E-state index is 0.296. The van der Waals surface area contributed by atoms with Crippen molar-refractivity contribution in [3.8, 4) is 0 Å². The second kappa shape index (κ2) is 6.72. The lowest BCUT2D eigenvalue weighted by Gasteiger charge is -2.33. The lowest BCUT2D eigenvalue weighted by atomic mass is 10.1. The van der Waals surface area contributed by atoms with Gasteiger partial charge in [0, 0.05) is 5.12 Å². The summed E-state index contributed by atoms with van der Waals surface area (Å²) in [5.74, 6) is 0. The Hall–Kier alpha value is -0.930. The van der Waals surface area contributed by atoms with Crippen LogP contribution in [0.15, 0.2) is 30.3 Å². The number of carbonyl (C=O) groups excluding carboxylic acids is 1. The predicted octanol–water partition coefficient (Wildman–Crippen LogP) is 2.62. The number of quaternary nitrogens is 1. The minimum Gasteiger partial charge on any atom is -0.737 e. The number of likely N-dealkylation sites (tertiary alicyclic amines) is 1. The summed E-state index contributed by atoms with van der Waals surface area (Å²) < 4.78 is 1.25. The number of hydrogen-bond donors (Lipinski definition) is 0. The molecule has 1 fully saturated rings. The van der Waals surface area contributed by atoms with Gasteiger partial charge in [-0.2, -0.15) is 0 Å². The van der Waals surface area contributed by atoms with Crippen molar-refractivity contribution in [1.82, 2.24) is 0 Å². The summed E-state index contributed by atoms with van der Waals surface area (Å²) in [4.78, 5) is 10.5. The van der Waals surface area contributed by atoms with Crippen LogP contribution in [-0.4, -0.2) is 36.8 Å². The van der Waals surface area contributed by atoms with Gasteiger partial charge in [0.25, 0.3) is 0 Å². The van der Waals surface area contributed by atoms with Gasteiger partial charge in [0.05, 0.1) is 27.2 Å². The van der Waals surface area contributed by atoms with Crippen molar-refractivity contribution in [3.63, 3.8) is 0 Å². The topological polar surface area (TPSA) is 17.1 Å². The van der Waals surface area contributed by atoms with Crippen LogP contribution in [0.3, 0.4) is 0 Å². The van der Waals surface area contributed by atoms with Gasteiger partial charge in [-0.15, -0.1) is 0 Å². The number of nitrogens with zero attached hydrogens (tertiary/aromatic N) is 1. The van der Waals surface area contributed by atoms with Gasteiger partial charge in [0.2, 0.25) is 0 Å². The van der Waals surface area contributed by atoms with Gasteiger partial charge in [0.1, 0.15) is 0 Å². The molecule has 0 radical (unpaired) electrons. The molecule has 0 saturated carbocycles. The van der Waals surface area contributed by atoms with Crippen molar-refractivity contribution >= 4 is 17.7 Å². The van der Waals surface area contributed by atoms with Gasteiger partial charge in [-0.25, -0.2) is 0 Å². The van der Waals surface area contributed by atoms with Crippen LogP contribution in [0.5, 0.6) is 0 Å². The molecule has 0 N–H and O–H groups in total. The second-order valence-corrected chi connectivity index (χ2v) is 5.47. The summed E-state index contributed by atoms with van der Waals surface area (Å²) >= 11 is 4.41. The first-order valence-electron chi connectivity index (χ1n) is 6.10. The first kappa shape index (κ1) is 14.1. The normalized spacial score (nSPS) is 17.8. The Morgan fingerprint density at radius 2 is 1.59 bits per heavy atom. The van der Waals surface area contributed by atoms with Gasteiger partial charge < -0.3 is 21.9 Å². The third-order valence-electron chi connectivity index (χ3n) is 3.04. The molecule has 0 aromatic heterocycles. The highest BCUT2D eigenvalue weighted by atomic mass is 32.1. The highest BCUT2D eigenvalue weighted by Gasteiger charge is 2.17. The first-order valence-corrected chi connectivity index (χ1v) is 6.50. The third kappa shape index (κ3) is 5.80. The highest BCUT2D eigenvalue weighted by molar-refractivity contribution is 7.77. The highest BCUT2D eigenvalue weighted by Crippen LogP contribution is 2.12. The molecule has 2 rings (SSSR count). The van der Waals surface area contributed by atoms with Gasteiger partial charge in [0.15, 0.2) is 0 Å². The molecule has 1 aromatic carbocycles. The van der Waals surface area contributed by atoms with Gasteiger partial charge in [-0.1, -0.05) is 30.3 Å². The molecule has 0 bridgehead atoms. The Bertz CT molecular complexity index is 340. The maximum atomic E-state index is 10.5. The Labute approximate surface area is 110 Å². The minimum atomic E-state index is -0.296.